The van der Waals surface area contributed by atoms with Gasteiger partial charge in [0.1, 0.15) is 11.5 Å². The Morgan fingerprint density at radius 2 is 1.74 bits per heavy atom. The Balaban J connectivity index is 1.81. The molecule has 2 aromatic carbocycles. The molecule has 0 fully saturated rings. The van der Waals surface area contributed by atoms with Crippen LogP contribution in [0.2, 0.25) is 5.02 Å². The number of imidazole rings is 1. The normalized spacial score (nSPS) is 11.0. The molecule has 0 aliphatic heterocycles. The number of hydrogen-bond acceptors (Lipinski definition) is 1. The first-order valence-electron chi connectivity index (χ1n) is 7.12. The molecule has 111 valence electrons. The van der Waals surface area contributed by atoms with Gasteiger partial charge in [-0.15, -0.1) is 0 Å². The summed E-state index contributed by atoms with van der Waals surface area (Å²) in [5.74, 6) is -0.357. The number of pyridine rings is 1. The van der Waals surface area contributed by atoms with Gasteiger partial charge in [0.15, 0.2) is 0 Å². The summed E-state index contributed by atoms with van der Waals surface area (Å²) in [6.07, 6.45) is 3.79. The zero-order chi connectivity index (χ0) is 15.8. The van der Waals surface area contributed by atoms with E-state index in [1.165, 1.54) is 0 Å². The Morgan fingerprint density at radius 1 is 0.957 bits per heavy atom. The van der Waals surface area contributed by atoms with Gasteiger partial charge in [0, 0.05) is 40.2 Å². The molecule has 4 rings (SSSR count). The third kappa shape index (κ3) is 2.60. The molecule has 0 aliphatic rings. The lowest BCUT2D eigenvalue weighted by molar-refractivity contribution is 0.629. The van der Waals surface area contributed by atoms with Crippen molar-refractivity contribution in [3.8, 4) is 22.4 Å². The van der Waals surface area contributed by atoms with Gasteiger partial charge in [-0.1, -0.05) is 41.9 Å². The third-order valence-electron chi connectivity index (χ3n) is 3.71. The molecule has 4 aromatic rings. The minimum atomic E-state index is -0.357. The van der Waals surface area contributed by atoms with Crippen LogP contribution in [-0.4, -0.2) is 9.38 Å². The van der Waals surface area contributed by atoms with E-state index in [2.05, 4.69) is 11.1 Å². The first-order chi connectivity index (χ1) is 11.2. The molecule has 2 aromatic heterocycles. The minimum Gasteiger partial charge on any atom is -0.306 e. The lowest BCUT2D eigenvalue weighted by Gasteiger charge is -2.03. The first-order valence-corrected chi connectivity index (χ1v) is 7.50. The predicted molar refractivity (Wildman–Crippen MR) is 89.9 cm³/mol. The zero-order valence-electron chi connectivity index (χ0n) is 12.0. The zero-order valence-corrected chi connectivity index (χ0v) is 12.8. The summed E-state index contributed by atoms with van der Waals surface area (Å²) < 4.78 is 15.8. The molecule has 0 unspecified atom stereocenters. The summed E-state index contributed by atoms with van der Waals surface area (Å²) in [6.45, 7) is 0. The number of rotatable bonds is 2. The van der Waals surface area contributed by atoms with Crippen LogP contribution in [0.4, 0.5) is 4.39 Å². The number of fused-ring (bicyclic) bond motifs is 1. The van der Waals surface area contributed by atoms with Gasteiger partial charge in [0.2, 0.25) is 0 Å². The summed E-state index contributed by atoms with van der Waals surface area (Å²) >= 11 is 5.92. The van der Waals surface area contributed by atoms with Gasteiger partial charge in [-0.2, -0.15) is 0 Å². The van der Waals surface area contributed by atoms with Gasteiger partial charge in [-0.05, 0) is 24.3 Å². The van der Waals surface area contributed by atoms with Crippen molar-refractivity contribution < 1.29 is 4.39 Å². The van der Waals surface area contributed by atoms with Crippen LogP contribution in [0.1, 0.15) is 0 Å². The molecule has 0 spiro atoms. The highest BCUT2D eigenvalue weighted by Gasteiger charge is 2.08. The van der Waals surface area contributed by atoms with E-state index in [0.29, 0.717) is 10.6 Å². The molecular formula is C19H11ClFN2. The van der Waals surface area contributed by atoms with Crippen LogP contribution < -0.4 is 0 Å². The molecule has 0 N–H and O–H groups in total. The number of aromatic nitrogens is 2. The summed E-state index contributed by atoms with van der Waals surface area (Å²) in [4.78, 5) is 4.59. The smallest absolute Gasteiger partial charge is 0.139 e. The van der Waals surface area contributed by atoms with Crippen LogP contribution in [0, 0.1) is 11.9 Å². The monoisotopic (exact) mass is 321 g/mol. The quantitative estimate of drug-likeness (QED) is 0.492. The second-order valence-electron chi connectivity index (χ2n) is 5.21. The van der Waals surface area contributed by atoms with Gasteiger partial charge in [-0.25, -0.2) is 9.37 Å². The fourth-order valence-electron chi connectivity index (χ4n) is 2.55. The number of nitrogens with zero attached hydrogens (tertiary/aromatic N) is 2. The molecule has 2 nitrogen and oxygen atoms in total. The van der Waals surface area contributed by atoms with E-state index in [1.54, 1.807) is 18.2 Å². The second-order valence-corrected chi connectivity index (χ2v) is 5.65. The van der Waals surface area contributed by atoms with Crippen LogP contribution in [0.3, 0.4) is 0 Å². The molecular weight excluding hydrogens is 311 g/mol. The number of halogens is 2. The summed E-state index contributed by atoms with van der Waals surface area (Å²) in [5, 5.41) is 0.690. The fourth-order valence-corrected chi connectivity index (χ4v) is 2.68. The molecule has 0 saturated heterocycles. The van der Waals surface area contributed by atoms with Gasteiger partial charge in [-0.3, -0.25) is 0 Å². The Hall–Kier alpha value is -2.65. The highest BCUT2D eigenvalue weighted by Crippen LogP contribution is 2.25. The highest BCUT2D eigenvalue weighted by molar-refractivity contribution is 6.30. The fraction of sp³-hybridized carbons (Fsp3) is 0. The van der Waals surface area contributed by atoms with Crippen molar-refractivity contribution in [2.24, 2.45) is 0 Å². The predicted octanol–water partition coefficient (Wildman–Crippen LogP) is 5.26. The molecule has 23 heavy (non-hydrogen) atoms. The first kappa shape index (κ1) is 14.0. The average molecular weight is 322 g/mol. The van der Waals surface area contributed by atoms with E-state index < -0.39 is 0 Å². The Morgan fingerprint density at radius 3 is 2.52 bits per heavy atom. The molecule has 2 heterocycles. The van der Waals surface area contributed by atoms with E-state index >= 15 is 0 Å². The number of hydrogen-bond donors (Lipinski definition) is 0. The number of benzene rings is 2. The van der Waals surface area contributed by atoms with Gasteiger partial charge >= 0.3 is 0 Å². The van der Waals surface area contributed by atoms with Crippen molar-refractivity contribution in [3.63, 3.8) is 0 Å². The molecule has 0 amide bonds. The van der Waals surface area contributed by atoms with Crippen LogP contribution in [0.15, 0.2) is 67.0 Å². The Labute approximate surface area is 137 Å². The van der Waals surface area contributed by atoms with E-state index in [4.69, 9.17) is 11.6 Å². The van der Waals surface area contributed by atoms with Gasteiger partial charge in [0.05, 0.1) is 5.69 Å². The summed E-state index contributed by atoms with van der Waals surface area (Å²) in [5.41, 5.74) is 3.94. The van der Waals surface area contributed by atoms with E-state index in [-0.39, 0.29) is 5.82 Å². The Kier molecular flexibility index (Phi) is 3.36. The topological polar surface area (TPSA) is 17.3 Å². The van der Waals surface area contributed by atoms with Crippen molar-refractivity contribution >= 4 is 17.2 Å². The van der Waals surface area contributed by atoms with Crippen molar-refractivity contribution in [1.29, 1.82) is 0 Å². The second kappa shape index (κ2) is 5.52. The van der Waals surface area contributed by atoms with Crippen molar-refractivity contribution in [2.75, 3.05) is 0 Å². The van der Waals surface area contributed by atoms with Crippen LogP contribution in [0.5, 0.6) is 0 Å². The molecule has 4 heteroatoms. The maximum absolute atomic E-state index is 13.9. The molecule has 0 aliphatic carbocycles. The summed E-state index contributed by atoms with van der Waals surface area (Å²) in [6, 6.07) is 18.9. The van der Waals surface area contributed by atoms with E-state index in [1.807, 2.05) is 53.2 Å². The lowest BCUT2D eigenvalue weighted by Crippen LogP contribution is -1.88. The summed E-state index contributed by atoms with van der Waals surface area (Å²) in [7, 11) is 0. The lowest BCUT2D eigenvalue weighted by atomic mass is 10.1. The average Bonchev–Trinajstić information content (AvgIpc) is 2.99. The maximum Gasteiger partial charge on any atom is 0.139 e. The largest absolute Gasteiger partial charge is 0.306 e. The molecule has 0 bridgehead atoms. The van der Waals surface area contributed by atoms with Gasteiger partial charge < -0.3 is 4.40 Å². The maximum atomic E-state index is 13.9. The SMILES string of the molecule is Fc1[c]cccc1-c1ccc2nc(-c3ccc(Cl)cc3)cn2c1. The van der Waals surface area contributed by atoms with Crippen molar-refractivity contribution in [2.45, 2.75) is 0 Å². The van der Waals surface area contributed by atoms with Crippen molar-refractivity contribution in [3.05, 3.63) is 83.9 Å². The van der Waals surface area contributed by atoms with Crippen LogP contribution >= 0.6 is 11.6 Å². The Bertz CT molecular complexity index is 990. The van der Waals surface area contributed by atoms with Crippen LogP contribution in [-0.2, 0) is 0 Å². The van der Waals surface area contributed by atoms with Crippen molar-refractivity contribution in [1.82, 2.24) is 9.38 Å². The minimum absolute atomic E-state index is 0.357. The van der Waals surface area contributed by atoms with E-state index in [0.717, 1.165) is 22.5 Å². The molecule has 1 radical (unpaired) electrons. The highest BCUT2D eigenvalue weighted by atomic mass is 35.5. The standard InChI is InChI=1S/C19H11ClFN2/c20-15-8-5-13(6-9-15)18-12-23-11-14(7-10-19(23)22-18)16-3-1-2-4-17(16)21/h1-3,5-12H. The molecule has 0 saturated carbocycles. The van der Waals surface area contributed by atoms with E-state index in [9.17, 15) is 4.39 Å². The molecule has 0 atom stereocenters. The van der Waals surface area contributed by atoms with Crippen LogP contribution in [0.25, 0.3) is 28.0 Å². The van der Waals surface area contributed by atoms with Gasteiger partial charge in [0.25, 0.3) is 0 Å². The third-order valence-corrected chi connectivity index (χ3v) is 3.96.